The van der Waals surface area contributed by atoms with Gasteiger partial charge in [0.05, 0.1) is 10.6 Å². The second kappa shape index (κ2) is 8.21. The van der Waals surface area contributed by atoms with Crippen LogP contribution in [0.15, 0.2) is 35.2 Å². The number of esters is 1. The highest BCUT2D eigenvalue weighted by Gasteiger charge is 2.56. The first-order valence-corrected chi connectivity index (χ1v) is 13.5. The fourth-order valence-corrected chi connectivity index (χ4v) is 7.65. The average Bonchev–Trinajstić information content (AvgIpc) is 3.08. The molecule has 2 aromatic carbocycles. The molecule has 3 aliphatic rings. The first-order chi connectivity index (χ1) is 16.0. The van der Waals surface area contributed by atoms with Crippen LogP contribution in [0.4, 0.5) is 4.39 Å². The van der Waals surface area contributed by atoms with Crippen molar-refractivity contribution < 1.29 is 27.4 Å². The first kappa shape index (κ1) is 23.6. The molecule has 0 radical (unpaired) electrons. The topological polar surface area (TPSA) is 107 Å². The summed E-state index contributed by atoms with van der Waals surface area (Å²) in [4.78, 5) is 12.2. The Hall–Kier alpha value is -2.16. The van der Waals surface area contributed by atoms with E-state index in [0.29, 0.717) is 29.9 Å². The summed E-state index contributed by atoms with van der Waals surface area (Å²) >= 11 is 6.06. The van der Waals surface area contributed by atoms with Crippen molar-refractivity contribution in [3.8, 4) is 5.75 Å². The first-order valence-electron chi connectivity index (χ1n) is 11.5. The van der Waals surface area contributed by atoms with Crippen molar-refractivity contribution in [1.82, 2.24) is 0 Å². The predicted molar refractivity (Wildman–Crippen MR) is 125 cm³/mol. The Morgan fingerprint density at radius 1 is 1.21 bits per heavy atom. The van der Waals surface area contributed by atoms with E-state index >= 15 is 0 Å². The summed E-state index contributed by atoms with van der Waals surface area (Å²) in [5.41, 5.74) is 2.13. The third-order valence-electron chi connectivity index (χ3n) is 8.42. The number of halogens is 2. The maximum absolute atomic E-state index is 14.1. The fraction of sp³-hybridized carbons (Fsp3) is 0.480. The van der Waals surface area contributed by atoms with E-state index in [1.54, 1.807) is 6.07 Å². The second-order valence-electron chi connectivity index (χ2n) is 10.1. The van der Waals surface area contributed by atoms with Gasteiger partial charge in [-0.25, -0.2) is 22.7 Å². The van der Waals surface area contributed by atoms with Crippen LogP contribution in [0.2, 0.25) is 5.02 Å². The molecule has 0 heterocycles. The zero-order valence-corrected chi connectivity index (χ0v) is 20.3. The summed E-state index contributed by atoms with van der Waals surface area (Å²) in [6.45, 7) is 2.17. The monoisotopic (exact) mass is 507 g/mol. The van der Waals surface area contributed by atoms with Crippen LogP contribution in [0.5, 0.6) is 5.75 Å². The van der Waals surface area contributed by atoms with Gasteiger partial charge in [0.2, 0.25) is 10.0 Å². The lowest BCUT2D eigenvalue weighted by Crippen LogP contribution is -2.45. The van der Waals surface area contributed by atoms with Crippen LogP contribution in [-0.2, 0) is 21.2 Å². The molecule has 0 aromatic heterocycles. The second-order valence-corrected chi connectivity index (χ2v) is 12.1. The van der Waals surface area contributed by atoms with Crippen LogP contribution in [0.3, 0.4) is 0 Å². The molecule has 0 bridgehead atoms. The summed E-state index contributed by atoms with van der Waals surface area (Å²) in [6.07, 6.45) is 5.11. The van der Waals surface area contributed by atoms with Crippen LogP contribution in [0.25, 0.3) is 0 Å². The third kappa shape index (κ3) is 3.80. The molecule has 6 nitrogen and oxygen atoms in total. The van der Waals surface area contributed by atoms with E-state index in [4.69, 9.17) is 21.5 Å². The van der Waals surface area contributed by atoms with E-state index in [1.165, 1.54) is 11.1 Å². The third-order valence-corrected chi connectivity index (χ3v) is 9.66. The molecule has 5 atom stereocenters. The summed E-state index contributed by atoms with van der Waals surface area (Å²) in [5, 5.41) is 14.7. The Morgan fingerprint density at radius 3 is 2.71 bits per heavy atom. The molecule has 0 spiro atoms. The molecule has 5 rings (SSSR count). The zero-order chi connectivity index (χ0) is 24.4. The number of hydrogen-bond donors (Lipinski definition) is 2. The molecule has 2 aromatic rings. The molecule has 0 aliphatic heterocycles. The normalized spacial score (nSPS) is 30.2. The number of primary sulfonamides is 1. The largest absolute Gasteiger partial charge is 0.508 e. The van der Waals surface area contributed by atoms with Gasteiger partial charge >= 0.3 is 5.97 Å². The van der Waals surface area contributed by atoms with E-state index in [1.807, 2.05) is 6.07 Å². The highest BCUT2D eigenvalue weighted by molar-refractivity contribution is 7.89. The van der Waals surface area contributed by atoms with Gasteiger partial charge in [-0.1, -0.05) is 24.6 Å². The number of carbonyl (C=O) groups is 1. The molecule has 2 saturated carbocycles. The molecule has 0 amide bonds. The lowest BCUT2D eigenvalue weighted by atomic mass is 9.55. The van der Waals surface area contributed by atoms with Gasteiger partial charge in [-0.05, 0) is 91.7 Å². The lowest BCUT2D eigenvalue weighted by molar-refractivity contribution is -0.0428. The van der Waals surface area contributed by atoms with Crippen LogP contribution in [-0.4, -0.2) is 25.6 Å². The lowest BCUT2D eigenvalue weighted by Gasteiger charge is -2.50. The Morgan fingerprint density at radius 2 is 1.97 bits per heavy atom. The van der Waals surface area contributed by atoms with Crippen LogP contribution < -0.4 is 5.14 Å². The van der Waals surface area contributed by atoms with Crippen LogP contribution in [0, 0.1) is 23.1 Å². The molecule has 3 N–H and O–H groups in total. The average molecular weight is 508 g/mol. The minimum Gasteiger partial charge on any atom is -0.508 e. The van der Waals surface area contributed by atoms with Crippen molar-refractivity contribution in [1.29, 1.82) is 0 Å². The van der Waals surface area contributed by atoms with Crippen molar-refractivity contribution >= 4 is 27.6 Å². The number of sulfonamides is 1. The molecule has 0 saturated heterocycles. The number of hydrogen-bond acceptors (Lipinski definition) is 5. The van der Waals surface area contributed by atoms with Gasteiger partial charge in [-0.15, -0.1) is 0 Å². The molecule has 3 unspecified atom stereocenters. The Labute approximate surface area is 203 Å². The van der Waals surface area contributed by atoms with Crippen molar-refractivity contribution in [2.24, 2.45) is 22.4 Å². The highest BCUT2D eigenvalue weighted by Crippen LogP contribution is 2.61. The number of aryl methyl sites for hydroxylation is 1. The molecule has 3 aliphatic carbocycles. The minimum absolute atomic E-state index is 0.208. The number of benzene rings is 2. The van der Waals surface area contributed by atoms with E-state index < -0.39 is 26.7 Å². The number of phenols is 1. The molecule has 9 heteroatoms. The van der Waals surface area contributed by atoms with Crippen molar-refractivity contribution in [2.45, 2.75) is 62.4 Å². The van der Waals surface area contributed by atoms with E-state index in [0.717, 1.165) is 44.2 Å². The van der Waals surface area contributed by atoms with Crippen LogP contribution in [0.1, 0.15) is 66.4 Å². The maximum atomic E-state index is 14.1. The summed E-state index contributed by atoms with van der Waals surface area (Å²) in [6, 6.07) is 7.32. The molecule has 2 fully saturated rings. The van der Waals surface area contributed by atoms with Crippen molar-refractivity contribution in [3.05, 3.63) is 57.9 Å². The van der Waals surface area contributed by atoms with Crippen molar-refractivity contribution in [2.75, 3.05) is 0 Å². The van der Waals surface area contributed by atoms with Gasteiger partial charge in [0.25, 0.3) is 0 Å². The molecular weight excluding hydrogens is 481 g/mol. The summed E-state index contributed by atoms with van der Waals surface area (Å²) in [7, 11) is -4.36. The Kier molecular flexibility index (Phi) is 5.69. The SMILES string of the molecule is C[C@]12CCC3c4ccc(O)cc4CCC3C1CC[C@@H]2OC(=O)c1cc(S(N)(=O)=O)c(F)cc1Cl. The Balaban J connectivity index is 1.38. The standard InChI is InChI=1S/C25H27ClFNO5S/c1-25-9-8-16-15-5-3-14(29)10-13(15)2-4-17(16)19(25)6-7-23(25)33-24(30)18-11-22(34(28,31)32)21(27)12-20(18)26/h3,5,10-12,16-17,19,23,29H,2,4,6-9H2,1H3,(H2,28,31,32)/t16?,17?,19?,23-,25-/m0/s1. The number of phenolic OH excluding ortho intramolecular Hbond substituents is 1. The number of rotatable bonds is 3. The maximum Gasteiger partial charge on any atom is 0.339 e. The van der Waals surface area contributed by atoms with Gasteiger partial charge < -0.3 is 9.84 Å². The van der Waals surface area contributed by atoms with Gasteiger partial charge in [0.1, 0.15) is 22.6 Å². The fourth-order valence-electron chi connectivity index (χ4n) is 6.81. The van der Waals surface area contributed by atoms with Gasteiger partial charge in [-0.2, -0.15) is 0 Å². The number of nitrogens with two attached hydrogens (primary N) is 1. The van der Waals surface area contributed by atoms with Gasteiger partial charge in [0, 0.05) is 5.41 Å². The van der Waals surface area contributed by atoms with Crippen LogP contribution >= 0.6 is 11.6 Å². The molecular formula is C25H27ClFNO5S. The number of carbonyl (C=O) groups excluding carboxylic acids is 1. The number of ether oxygens (including phenoxy) is 1. The predicted octanol–water partition coefficient (Wildman–Crippen LogP) is 4.91. The van der Waals surface area contributed by atoms with E-state index in [-0.39, 0.29) is 22.1 Å². The molecule has 182 valence electrons. The number of aromatic hydroxyl groups is 1. The Bertz CT molecular complexity index is 1280. The number of fused-ring (bicyclic) bond motifs is 5. The van der Waals surface area contributed by atoms with Gasteiger partial charge in [-0.3, -0.25) is 0 Å². The smallest absolute Gasteiger partial charge is 0.339 e. The van der Waals surface area contributed by atoms with E-state index in [2.05, 4.69) is 13.0 Å². The zero-order valence-electron chi connectivity index (χ0n) is 18.8. The minimum atomic E-state index is -4.36. The van der Waals surface area contributed by atoms with Crippen molar-refractivity contribution in [3.63, 3.8) is 0 Å². The van der Waals surface area contributed by atoms with E-state index in [9.17, 15) is 22.7 Å². The quantitative estimate of drug-likeness (QED) is 0.574. The molecule has 34 heavy (non-hydrogen) atoms. The van der Waals surface area contributed by atoms with Gasteiger partial charge in [0.15, 0.2) is 0 Å². The summed E-state index contributed by atoms with van der Waals surface area (Å²) < 4.78 is 43.3. The summed E-state index contributed by atoms with van der Waals surface area (Å²) in [5.74, 6) is -0.288. The highest BCUT2D eigenvalue weighted by atomic mass is 35.5.